The van der Waals surface area contributed by atoms with Crippen molar-refractivity contribution in [2.75, 3.05) is 36.9 Å². The van der Waals surface area contributed by atoms with Crippen molar-refractivity contribution in [1.29, 1.82) is 0 Å². The van der Waals surface area contributed by atoms with Gasteiger partial charge in [0.05, 0.1) is 18.9 Å². The standard InChI is InChI=1S/C24H30N4O4S/c25-12-13-26-24(31)19(17-32-16-18-6-2-1-3-7-18)27-22(29)10-14-28-20-8-4-5-9-21(20)33-15-11-23(28)30/h1-9,19H,10-17,25H2,(H,26,31)(H,27,29). The topological polar surface area (TPSA) is 114 Å². The average molecular weight is 471 g/mol. The van der Waals surface area contributed by atoms with E-state index in [9.17, 15) is 14.4 Å². The number of hydrogen-bond acceptors (Lipinski definition) is 6. The van der Waals surface area contributed by atoms with Crippen LogP contribution in [0.2, 0.25) is 0 Å². The molecule has 0 aromatic heterocycles. The van der Waals surface area contributed by atoms with Crippen LogP contribution in [0.15, 0.2) is 59.5 Å². The lowest BCUT2D eigenvalue weighted by molar-refractivity contribution is -0.130. The van der Waals surface area contributed by atoms with Gasteiger partial charge in [0.25, 0.3) is 0 Å². The molecule has 3 amide bonds. The van der Waals surface area contributed by atoms with E-state index in [1.54, 1.807) is 16.7 Å². The van der Waals surface area contributed by atoms with Crippen molar-refractivity contribution >= 4 is 35.2 Å². The molecule has 1 aliphatic heterocycles. The first-order chi connectivity index (χ1) is 16.1. The number of anilines is 1. The Bertz CT molecular complexity index is 941. The van der Waals surface area contributed by atoms with E-state index in [1.807, 2.05) is 54.6 Å². The third-order valence-corrected chi connectivity index (χ3v) is 6.15. The number of benzene rings is 2. The highest BCUT2D eigenvalue weighted by molar-refractivity contribution is 7.99. The number of rotatable bonds is 11. The Balaban J connectivity index is 1.57. The first kappa shape index (κ1) is 24.8. The lowest BCUT2D eigenvalue weighted by Gasteiger charge is -2.23. The Morgan fingerprint density at radius 2 is 1.88 bits per heavy atom. The largest absolute Gasteiger partial charge is 0.374 e. The van der Waals surface area contributed by atoms with Crippen LogP contribution < -0.4 is 21.3 Å². The summed E-state index contributed by atoms with van der Waals surface area (Å²) in [6.07, 6.45) is 0.489. The second-order valence-corrected chi connectivity index (χ2v) is 8.70. The van der Waals surface area contributed by atoms with Gasteiger partial charge in [-0.05, 0) is 17.7 Å². The maximum absolute atomic E-state index is 12.7. The van der Waals surface area contributed by atoms with Crippen LogP contribution in [0.25, 0.3) is 0 Å². The number of amides is 3. The molecule has 2 aromatic rings. The second kappa shape index (κ2) is 13.0. The number of thioether (sulfide) groups is 1. The molecule has 8 nitrogen and oxygen atoms in total. The molecular weight excluding hydrogens is 440 g/mol. The number of carbonyl (C=O) groups excluding carboxylic acids is 3. The fourth-order valence-corrected chi connectivity index (χ4v) is 4.41. The summed E-state index contributed by atoms with van der Waals surface area (Å²) in [4.78, 5) is 40.5. The van der Waals surface area contributed by atoms with Gasteiger partial charge in [0, 0.05) is 43.1 Å². The van der Waals surface area contributed by atoms with Crippen molar-refractivity contribution < 1.29 is 19.1 Å². The van der Waals surface area contributed by atoms with Gasteiger partial charge >= 0.3 is 0 Å². The molecule has 1 atom stereocenters. The van der Waals surface area contributed by atoms with Crippen LogP contribution in [0.1, 0.15) is 18.4 Å². The minimum atomic E-state index is -0.851. The summed E-state index contributed by atoms with van der Waals surface area (Å²) in [5.74, 6) is 0.0206. The van der Waals surface area contributed by atoms with Crippen molar-refractivity contribution in [2.45, 2.75) is 30.4 Å². The number of ether oxygens (including phenoxy) is 1. The first-order valence-corrected chi connectivity index (χ1v) is 12.0. The van der Waals surface area contributed by atoms with E-state index >= 15 is 0 Å². The number of hydrogen-bond donors (Lipinski definition) is 3. The highest BCUT2D eigenvalue weighted by atomic mass is 32.2. The van der Waals surface area contributed by atoms with E-state index in [1.165, 1.54) is 0 Å². The zero-order chi connectivity index (χ0) is 23.5. The molecule has 0 bridgehead atoms. The van der Waals surface area contributed by atoms with Gasteiger partial charge in [-0.25, -0.2) is 0 Å². The molecule has 33 heavy (non-hydrogen) atoms. The lowest BCUT2D eigenvalue weighted by atomic mass is 10.2. The molecule has 2 aromatic carbocycles. The van der Waals surface area contributed by atoms with Crippen LogP contribution in [-0.2, 0) is 25.7 Å². The molecular formula is C24H30N4O4S. The smallest absolute Gasteiger partial charge is 0.245 e. The maximum Gasteiger partial charge on any atom is 0.245 e. The summed E-state index contributed by atoms with van der Waals surface area (Å²) in [5, 5.41) is 5.44. The zero-order valence-electron chi connectivity index (χ0n) is 18.5. The molecule has 0 aliphatic carbocycles. The Kier molecular flexibility index (Phi) is 9.74. The number of nitrogens with two attached hydrogens (primary N) is 1. The van der Waals surface area contributed by atoms with Gasteiger partial charge in [0.15, 0.2) is 0 Å². The summed E-state index contributed by atoms with van der Waals surface area (Å²) < 4.78 is 5.68. The maximum atomic E-state index is 12.7. The molecule has 4 N–H and O–H groups in total. The van der Waals surface area contributed by atoms with Crippen LogP contribution in [-0.4, -0.2) is 55.8 Å². The Morgan fingerprint density at radius 3 is 2.67 bits per heavy atom. The molecule has 9 heteroatoms. The van der Waals surface area contributed by atoms with E-state index < -0.39 is 6.04 Å². The molecule has 176 valence electrons. The zero-order valence-corrected chi connectivity index (χ0v) is 19.3. The SMILES string of the molecule is NCCNC(=O)C(COCc1ccccc1)NC(=O)CCN1C(=O)CCSc2ccccc21. The van der Waals surface area contributed by atoms with E-state index in [0.29, 0.717) is 31.9 Å². The summed E-state index contributed by atoms with van der Waals surface area (Å²) in [5.41, 5.74) is 7.27. The minimum Gasteiger partial charge on any atom is -0.374 e. The fourth-order valence-electron chi connectivity index (χ4n) is 3.42. The highest BCUT2D eigenvalue weighted by Gasteiger charge is 2.25. The van der Waals surface area contributed by atoms with Gasteiger partial charge in [0.1, 0.15) is 6.04 Å². The van der Waals surface area contributed by atoms with Crippen molar-refractivity contribution in [3.8, 4) is 0 Å². The summed E-state index contributed by atoms with van der Waals surface area (Å²) in [7, 11) is 0. The molecule has 3 rings (SSSR count). The van der Waals surface area contributed by atoms with Gasteiger partial charge in [-0.2, -0.15) is 0 Å². The number of nitrogens with one attached hydrogen (secondary N) is 2. The average Bonchev–Trinajstić information content (AvgIpc) is 2.99. The summed E-state index contributed by atoms with van der Waals surface area (Å²) in [6, 6.07) is 16.4. The molecule has 0 spiro atoms. The van der Waals surface area contributed by atoms with Gasteiger partial charge < -0.3 is 26.0 Å². The van der Waals surface area contributed by atoms with Crippen LogP contribution in [0.3, 0.4) is 0 Å². The van der Waals surface area contributed by atoms with Crippen molar-refractivity contribution in [3.63, 3.8) is 0 Å². The Morgan fingerprint density at radius 1 is 1.12 bits per heavy atom. The van der Waals surface area contributed by atoms with Crippen molar-refractivity contribution in [2.24, 2.45) is 5.73 Å². The van der Waals surface area contributed by atoms with Gasteiger partial charge in [-0.15, -0.1) is 11.8 Å². The highest BCUT2D eigenvalue weighted by Crippen LogP contribution is 2.33. The minimum absolute atomic E-state index is 0.0105. The van der Waals surface area contributed by atoms with Crippen LogP contribution >= 0.6 is 11.8 Å². The van der Waals surface area contributed by atoms with Crippen LogP contribution in [0.5, 0.6) is 0 Å². The van der Waals surface area contributed by atoms with E-state index in [4.69, 9.17) is 10.5 Å². The van der Waals surface area contributed by atoms with E-state index in [0.717, 1.165) is 16.1 Å². The first-order valence-electron chi connectivity index (χ1n) is 11.0. The molecule has 1 heterocycles. The van der Waals surface area contributed by atoms with Gasteiger partial charge in [-0.3, -0.25) is 14.4 Å². The molecule has 1 aliphatic rings. The third kappa shape index (κ3) is 7.59. The molecule has 0 fully saturated rings. The fraction of sp³-hybridized carbons (Fsp3) is 0.375. The Hall–Kier alpha value is -2.88. The number of nitrogens with zero attached hydrogens (tertiary/aromatic N) is 1. The molecule has 0 saturated heterocycles. The monoisotopic (exact) mass is 470 g/mol. The molecule has 0 radical (unpaired) electrons. The predicted molar refractivity (Wildman–Crippen MR) is 129 cm³/mol. The van der Waals surface area contributed by atoms with E-state index in [-0.39, 0.29) is 37.3 Å². The molecule has 1 unspecified atom stereocenters. The van der Waals surface area contributed by atoms with Crippen molar-refractivity contribution in [3.05, 3.63) is 60.2 Å². The van der Waals surface area contributed by atoms with Gasteiger partial charge in [0.2, 0.25) is 17.7 Å². The van der Waals surface area contributed by atoms with Crippen molar-refractivity contribution in [1.82, 2.24) is 10.6 Å². The number of fused-ring (bicyclic) bond motifs is 1. The normalized spacial score (nSPS) is 14.2. The molecule has 0 saturated carbocycles. The number of carbonyl (C=O) groups is 3. The summed E-state index contributed by atoms with van der Waals surface area (Å²) in [6.45, 7) is 1.20. The third-order valence-electron chi connectivity index (χ3n) is 5.08. The predicted octanol–water partition coefficient (Wildman–Crippen LogP) is 1.68. The Labute approximate surface area is 198 Å². The van der Waals surface area contributed by atoms with Gasteiger partial charge in [-0.1, -0.05) is 42.5 Å². The lowest BCUT2D eigenvalue weighted by Crippen LogP contribution is -2.50. The second-order valence-electron chi connectivity index (χ2n) is 7.56. The van der Waals surface area contributed by atoms with Crippen LogP contribution in [0, 0.1) is 0 Å². The van der Waals surface area contributed by atoms with Crippen LogP contribution in [0.4, 0.5) is 5.69 Å². The summed E-state index contributed by atoms with van der Waals surface area (Å²) >= 11 is 1.64. The quantitative estimate of drug-likeness (QED) is 0.461. The number of para-hydroxylation sites is 1. The van der Waals surface area contributed by atoms with E-state index in [2.05, 4.69) is 10.6 Å².